The molecule has 9 heteroatoms. The molecule has 132 valence electrons. The van der Waals surface area contributed by atoms with Crippen molar-refractivity contribution in [3.63, 3.8) is 0 Å². The molecule has 1 fully saturated rings. The summed E-state index contributed by atoms with van der Waals surface area (Å²) in [5.74, 6) is -1.07. The summed E-state index contributed by atoms with van der Waals surface area (Å²) in [4.78, 5) is 49.4. The molecule has 4 amide bonds. The predicted molar refractivity (Wildman–Crippen MR) is 95.8 cm³/mol. The van der Waals surface area contributed by atoms with Crippen molar-refractivity contribution in [1.29, 1.82) is 0 Å². The van der Waals surface area contributed by atoms with Crippen LogP contribution in [-0.4, -0.2) is 41.4 Å². The Labute approximate surface area is 157 Å². The van der Waals surface area contributed by atoms with E-state index in [-0.39, 0.29) is 31.4 Å². The number of anilines is 1. The number of nitrogens with one attached hydrogen (secondary N) is 2. The van der Waals surface area contributed by atoms with Crippen molar-refractivity contribution in [2.45, 2.75) is 32.4 Å². The maximum Gasteiger partial charge on any atom is 0.411 e. The number of carbonyl (C=O) groups excluding carboxylic acids is 4. The van der Waals surface area contributed by atoms with Crippen molar-refractivity contribution < 1.29 is 23.9 Å². The highest BCUT2D eigenvalue weighted by Gasteiger charge is 2.41. The van der Waals surface area contributed by atoms with E-state index in [1.54, 1.807) is 19.1 Å². The number of nitrogens with zero attached hydrogens (tertiary/aromatic N) is 1. The van der Waals surface area contributed by atoms with E-state index in [1.165, 1.54) is 4.90 Å². The van der Waals surface area contributed by atoms with Gasteiger partial charge in [0.25, 0.3) is 5.91 Å². The van der Waals surface area contributed by atoms with Gasteiger partial charge in [-0.25, -0.2) is 4.79 Å². The van der Waals surface area contributed by atoms with Gasteiger partial charge in [-0.1, -0.05) is 0 Å². The van der Waals surface area contributed by atoms with Crippen molar-refractivity contribution in [2.75, 3.05) is 11.9 Å². The monoisotopic (exact) mass is 457 g/mol. The van der Waals surface area contributed by atoms with E-state index in [9.17, 15) is 19.2 Å². The molecule has 0 aliphatic carbocycles. The molecule has 0 bridgehead atoms. The lowest BCUT2D eigenvalue weighted by Crippen LogP contribution is -2.52. The number of benzene rings is 1. The lowest BCUT2D eigenvalue weighted by Gasteiger charge is -2.29. The molecule has 2 aliphatic rings. The Morgan fingerprint density at radius 2 is 2.16 bits per heavy atom. The van der Waals surface area contributed by atoms with Crippen LogP contribution in [0.4, 0.5) is 10.5 Å². The SMILES string of the molecule is CCOC(=O)Nc1ccc(I)c2c1CN(C1CCC(=O)NC1=O)C2=O. The summed E-state index contributed by atoms with van der Waals surface area (Å²) in [6.07, 6.45) is -0.110. The lowest BCUT2D eigenvalue weighted by molar-refractivity contribution is -0.136. The highest BCUT2D eigenvalue weighted by Crippen LogP contribution is 2.35. The average Bonchev–Trinajstić information content (AvgIpc) is 2.89. The number of halogens is 1. The Balaban J connectivity index is 1.89. The van der Waals surface area contributed by atoms with E-state index >= 15 is 0 Å². The Kier molecular flexibility index (Phi) is 4.93. The standard InChI is InChI=1S/C16H16IN3O5/c1-2-25-16(24)18-10-4-3-9(17)13-8(10)7-20(15(13)23)11-5-6-12(21)19-14(11)22/h3-4,11H,2,5-7H2,1H3,(H,18,24)(H,19,21,22). The average molecular weight is 457 g/mol. The number of fused-ring (bicyclic) bond motifs is 1. The van der Waals surface area contributed by atoms with Gasteiger partial charge < -0.3 is 9.64 Å². The molecule has 0 spiro atoms. The van der Waals surface area contributed by atoms with Crippen molar-refractivity contribution in [3.8, 4) is 0 Å². The molecule has 0 saturated carbocycles. The van der Waals surface area contributed by atoms with Gasteiger partial charge in [0, 0.05) is 27.8 Å². The summed E-state index contributed by atoms with van der Waals surface area (Å²) >= 11 is 2.05. The smallest absolute Gasteiger partial charge is 0.411 e. The van der Waals surface area contributed by atoms with Crippen molar-refractivity contribution in [2.24, 2.45) is 0 Å². The first-order chi connectivity index (χ1) is 11.9. The predicted octanol–water partition coefficient (Wildman–Crippen LogP) is 1.62. The lowest BCUT2D eigenvalue weighted by atomic mass is 10.0. The largest absolute Gasteiger partial charge is 0.450 e. The van der Waals surface area contributed by atoms with E-state index in [2.05, 4.69) is 33.2 Å². The third-order valence-electron chi connectivity index (χ3n) is 4.16. The molecule has 0 aromatic heterocycles. The number of piperidine rings is 1. The number of amides is 4. The second-order valence-electron chi connectivity index (χ2n) is 5.69. The minimum Gasteiger partial charge on any atom is -0.450 e. The fraction of sp³-hybridized carbons (Fsp3) is 0.375. The molecule has 2 aliphatic heterocycles. The van der Waals surface area contributed by atoms with Crippen LogP contribution in [-0.2, 0) is 20.9 Å². The molecule has 1 aromatic rings. The molecule has 8 nitrogen and oxygen atoms in total. The summed E-state index contributed by atoms with van der Waals surface area (Å²) in [5.41, 5.74) is 1.60. The van der Waals surface area contributed by atoms with E-state index < -0.39 is 18.0 Å². The van der Waals surface area contributed by atoms with Crippen LogP contribution >= 0.6 is 22.6 Å². The Hall–Kier alpha value is -2.17. The van der Waals surface area contributed by atoms with Crippen LogP contribution in [0, 0.1) is 3.57 Å². The quantitative estimate of drug-likeness (QED) is 0.531. The van der Waals surface area contributed by atoms with Crippen molar-refractivity contribution in [3.05, 3.63) is 26.8 Å². The first kappa shape index (κ1) is 17.6. The zero-order valence-corrected chi connectivity index (χ0v) is 15.6. The van der Waals surface area contributed by atoms with Crippen LogP contribution in [0.2, 0.25) is 0 Å². The minimum atomic E-state index is -0.691. The molecule has 0 radical (unpaired) electrons. The van der Waals surface area contributed by atoms with Gasteiger partial charge in [0.1, 0.15) is 6.04 Å². The Bertz CT molecular complexity index is 779. The molecule has 25 heavy (non-hydrogen) atoms. The summed E-state index contributed by atoms with van der Waals surface area (Å²) in [7, 11) is 0. The third-order valence-corrected chi connectivity index (χ3v) is 5.06. The molecule has 1 saturated heterocycles. The van der Waals surface area contributed by atoms with Gasteiger partial charge in [-0.2, -0.15) is 0 Å². The second-order valence-corrected chi connectivity index (χ2v) is 6.86. The third kappa shape index (κ3) is 3.32. The van der Waals surface area contributed by atoms with Gasteiger partial charge in [0.2, 0.25) is 11.8 Å². The van der Waals surface area contributed by atoms with Gasteiger partial charge in [0.15, 0.2) is 0 Å². The molecular weight excluding hydrogens is 441 g/mol. The second kappa shape index (κ2) is 6.98. The topological polar surface area (TPSA) is 105 Å². The van der Waals surface area contributed by atoms with E-state index in [0.717, 1.165) is 3.57 Å². The van der Waals surface area contributed by atoms with E-state index in [4.69, 9.17) is 4.74 Å². The first-order valence-corrected chi connectivity index (χ1v) is 8.90. The van der Waals surface area contributed by atoms with Gasteiger partial charge in [-0.15, -0.1) is 0 Å². The Morgan fingerprint density at radius 3 is 2.84 bits per heavy atom. The molecular formula is C16H16IN3O5. The van der Waals surface area contributed by atoms with Crippen LogP contribution in [0.3, 0.4) is 0 Å². The Morgan fingerprint density at radius 1 is 1.40 bits per heavy atom. The molecule has 1 unspecified atom stereocenters. The fourth-order valence-electron chi connectivity index (χ4n) is 3.03. The first-order valence-electron chi connectivity index (χ1n) is 7.82. The summed E-state index contributed by atoms with van der Waals surface area (Å²) in [6, 6.07) is 2.75. The summed E-state index contributed by atoms with van der Waals surface area (Å²) < 4.78 is 5.62. The van der Waals surface area contributed by atoms with Crippen LogP contribution in [0.15, 0.2) is 12.1 Å². The number of ether oxygens (including phenoxy) is 1. The van der Waals surface area contributed by atoms with Gasteiger partial charge in [-0.05, 0) is 48.1 Å². The van der Waals surface area contributed by atoms with E-state index in [0.29, 0.717) is 23.2 Å². The van der Waals surface area contributed by atoms with Crippen LogP contribution < -0.4 is 10.6 Å². The van der Waals surface area contributed by atoms with Gasteiger partial charge in [-0.3, -0.25) is 25.0 Å². The summed E-state index contributed by atoms with van der Waals surface area (Å²) in [6.45, 7) is 2.13. The van der Waals surface area contributed by atoms with Crippen LogP contribution in [0.5, 0.6) is 0 Å². The fourth-order valence-corrected chi connectivity index (χ4v) is 3.76. The molecule has 3 rings (SSSR count). The van der Waals surface area contributed by atoms with Crippen molar-refractivity contribution in [1.82, 2.24) is 10.2 Å². The van der Waals surface area contributed by atoms with Crippen LogP contribution in [0.1, 0.15) is 35.7 Å². The van der Waals surface area contributed by atoms with Crippen LogP contribution in [0.25, 0.3) is 0 Å². The number of hydrogen-bond acceptors (Lipinski definition) is 5. The number of imide groups is 1. The number of hydrogen-bond donors (Lipinski definition) is 2. The number of rotatable bonds is 3. The molecule has 1 atom stereocenters. The van der Waals surface area contributed by atoms with Gasteiger partial charge in [0.05, 0.1) is 12.2 Å². The minimum absolute atomic E-state index is 0.193. The molecule has 2 heterocycles. The highest BCUT2D eigenvalue weighted by molar-refractivity contribution is 14.1. The van der Waals surface area contributed by atoms with Crippen molar-refractivity contribution >= 4 is 52.1 Å². The van der Waals surface area contributed by atoms with E-state index in [1.807, 2.05) is 0 Å². The zero-order chi connectivity index (χ0) is 18.1. The molecule has 2 N–H and O–H groups in total. The van der Waals surface area contributed by atoms with Gasteiger partial charge >= 0.3 is 6.09 Å². The maximum atomic E-state index is 12.8. The maximum absolute atomic E-state index is 12.8. The normalized spacial score (nSPS) is 19.5. The summed E-state index contributed by atoms with van der Waals surface area (Å²) in [5, 5.41) is 4.90. The zero-order valence-electron chi connectivity index (χ0n) is 13.4. The highest BCUT2D eigenvalue weighted by atomic mass is 127. The number of carbonyl (C=O) groups is 4. The molecule has 1 aromatic carbocycles.